The van der Waals surface area contributed by atoms with Crippen LogP contribution in [0.4, 0.5) is 4.39 Å². The van der Waals surface area contributed by atoms with Crippen molar-refractivity contribution in [2.45, 2.75) is 9.79 Å². The minimum Gasteiger partial charge on any atom is -0.225 e. The van der Waals surface area contributed by atoms with Gasteiger partial charge in [-0.1, -0.05) is 30.3 Å². The van der Waals surface area contributed by atoms with Crippen molar-refractivity contribution < 1.29 is 12.8 Å². The van der Waals surface area contributed by atoms with E-state index in [1.54, 1.807) is 30.3 Å². The molecule has 0 amide bonds. The molecule has 0 saturated carbocycles. The van der Waals surface area contributed by atoms with Crippen LogP contribution in [-0.4, -0.2) is 8.42 Å². The topological polar surface area (TPSA) is 83.9 Å². The first-order chi connectivity index (χ1) is 12.3. The van der Waals surface area contributed by atoms with Crippen molar-refractivity contribution in [2.75, 3.05) is 0 Å². The highest BCUT2D eigenvalue weighted by molar-refractivity contribution is 7.89. The Hall–Kier alpha value is -2.66. The Morgan fingerprint density at radius 1 is 0.962 bits per heavy atom. The lowest BCUT2D eigenvalue weighted by molar-refractivity contribution is 0.568. The standard InChI is InChI=1S/C19H13FN2O2S2/c20-17-9-13(5-7-19(17)26(22,23)24)14-4-6-16(18(25)10-14)15-3-1-2-12(8-15)11-21/h1-10,25H,(H2,22,23,24). The van der Waals surface area contributed by atoms with E-state index in [9.17, 15) is 12.8 Å². The van der Waals surface area contributed by atoms with Gasteiger partial charge in [-0.2, -0.15) is 5.26 Å². The van der Waals surface area contributed by atoms with E-state index < -0.39 is 20.7 Å². The summed E-state index contributed by atoms with van der Waals surface area (Å²) in [6, 6.07) is 18.3. The first kappa shape index (κ1) is 18.1. The quantitative estimate of drug-likeness (QED) is 0.670. The predicted octanol–water partition coefficient (Wildman–Crippen LogP) is 3.97. The number of sulfonamides is 1. The molecule has 7 heteroatoms. The zero-order chi connectivity index (χ0) is 18.9. The van der Waals surface area contributed by atoms with E-state index in [1.165, 1.54) is 6.07 Å². The summed E-state index contributed by atoms with van der Waals surface area (Å²) in [5, 5.41) is 14.0. The van der Waals surface area contributed by atoms with Gasteiger partial charge in [-0.15, -0.1) is 12.6 Å². The molecular formula is C19H13FN2O2S2. The average molecular weight is 384 g/mol. The molecule has 130 valence electrons. The van der Waals surface area contributed by atoms with Gasteiger partial charge in [-0.25, -0.2) is 17.9 Å². The third-order valence-corrected chi connectivity index (χ3v) is 5.19. The Morgan fingerprint density at radius 2 is 1.65 bits per heavy atom. The number of thiol groups is 1. The fourth-order valence-corrected chi connectivity index (χ4v) is 3.55. The summed E-state index contributed by atoms with van der Waals surface area (Å²) in [7, 11) is -4.11. The normalized spacial score (nSPS) is 11.2. The van der Waals surface area contributed by atoms with E-state index in [1.807, 2.05) is 12.1 Å². The minimum absolute atomic E-state index is 0.502. The van der Waals surface area contributed by atoms with Crippen LogP contribution in [0.2, 0.25) is 0 Å². The molecule has 0 unspecified atom stereocenters. The predicted molar refractivity (Wildman–Crippen MR) is 101 cm³/mol. The largest absolute Gasteiger partial charge is 0.240 e. The van der Waals surface area contributed by atoms with Gasteiger partial charge in [0.25, 0.3) is 0 Å². The van der Waals surface area contributed by atoms with Gasteiger partial charge in [0.05, 0.1) is 11.6 Å². The molecule has 4 nitrogen and oxygen atoms in total. The van der Waals surface area contributed by atoms with Crippen LogP contribution in [0.5, 0.6) is 0 Å². The maximum atomic E-state index is 14.1. The number of halogens is 1. The summed E-state index contributed by atoms with van der Waals surface area (Å²) in [5.74, 6) is -0.906. The van der Waals surface area contributed by atoms with Crippen molar-refractivity contribution in [1.82, 2.24) is 0 Å². The SMILES string of the molecule is N#Cc1cccc(-c2ccc(-c3ccc(S(N)(=O)=O)c(F)c3)cc2S)c1. The van der Waals surface area contributed by atoms with Crippen LogP contribution < -0.4 is 5.14 Å². The van der Waals surface area contributed by atoms with Crippen LogP contribution >= 0.6 is 12.6 Å². The van der Waals surface area contributed by atoms with E-state index in [0.29, 0.717) is 21.6 Å². The molecule has 0 aliphatic rings. The molecule has 0 bridgehead atoms. The van der Waals surface area contributed by atoms with Crippen LogP contribution in [-0.2, 0) is 10.0 Å². The molecule has 3 aromatic carbocycles. The van der Waals surface area contributed by atoms with Crippen LogP contribution in [0.25, 0.3) is 22.3 Å². The molecule has 0 aromatic heterocycles. The Labute approximate surface area is 156 Å². The zero-order valence-corrected chi connectivity index (χ0v) is 15.1. The number of primary sulfonamides is 1. The van der Waals surface area contributed by atoms with Crippen molar-refractivity contribution in [3.05, 3.63) is 72.0 Å². The Kier molecular flexibility index (Phi) is 4.83. The Balaban J connectivity index is 2.03. The summed E-state index contributed by atoms with van der Waals surface area (Å²) in [6.45, 7) is 0. The van der Waals surface area contributed by atoms with E-state index >= 15 is 0 Å². The van der Waals surface area contributed by atoms with E-state index in [4.69, 9.17) is 10.4 Å². The van der Waals surface area contributed by atoms with Crippen LogP contribution in [0.1, 0.15) is 5.56 Å². The van der Waals surface area contributed by atoms with E-state index in [2.05, 4.69) is 18.7 Å². The summed E-state index contributed by atoms with van der Waals surface area (Å²) in [4.78, 5) is 0.103. The monoisotopic (exact) mass is 384 g/mol. The molecule has 0 heterocycles. The van der Waals surface area contributed by atoms with Gasteiger partial charge in [0.1, 0.15) is 10.7 Å². The van der Waals surface area contributed by atoms with E-state index in [0.717, 1.165) is 23.3 Å². The first-order valence-corrected chi connectivity index (χ1v) is 9.45. The molecule has 0 spiro atoms. The lowest BCUT2D eigenvalue weighted by Crippen LogP contribution is -2.13. The van der Waals surface area contributed by atoms with Crippen molar-refractivity contribution in [3.63, 3.8) is 0 Å². The summed E-state index contributed by atoms with van der Waals surface area (Å²) >= 11 is 4.49. The molecule has 0 aliphatic carbocycles. The van der Waals surface area contributed by atoms with Gasteiger partial charge in [0.2, 0.25) is 10.0 Å². The highest BCUT2D eigenvalue weighted by Crippen LogP contribution is 2.32. The second-order valence-corrected chi connectivity index (χ2v) is 7.63. The summed E-state index contributed by atoms with van der Waals surface area (Å²) in [5.41, 5.74) is 3.39. The number of hydrogen-bond acceptors (Lipinski definition) is 4. The fourth-order valence-electron chi connectivity index (χ4n) is 2.62. The second-order valence-electron chi connectivity index (χ2n) is 5.61. The number of nitriles is 1. The third-order valence-electron chi connectivity index (χ3n) is 3.87. The maximum Gasteiger partial charge on any atom is 0.240 e. The highest BCUT2D eigenvalue weighted by Gasteiger charge is 2.15. The van der Waals surface area contributed by atoms with E-state index in [-0.39, 0.29) is 0 Å². The number of hydrogen-bond donors (Lipinski definition) is 2. The van der Waals surface area contributed by atoms with Crippen LogP contribution in [0, 0.1) is 17.1 Å². The number of nitrogens with zero attached hydrogens (tertiary/aromatic N) is 1. The van der Waals surface area contributed by atoms with Gasteiger partial charge < -0.3 is 0 Å². The third kappa shape index (κ3) is 3.63. The molecule has 0 aliphatic heterocycles. The van der Waals surface area contributed by atoms with Crippen molar-refractivity contribution >= 4 is 22.7 Å². The lowest BCUT2D eigenvalue weighted by atomic mass is 9.99. The van der Waals surface area contributed by atoms with Crippen molar-refractivity contribution in [2.24, 2.45) is 5.14 Å². The molecule has 26 heavy (non-hydrogen) atoms. The maximum absolute atomic E-state index is 14.1. The van der Waals surface area contributed by atoms with Gasteiger partial charge in [0, 0.05) is 4.90 Å². The van der Waals surface area contributed by atoms with Gasteiger partial charge in [-0.3, -0.25) is 0 Å². The molecule has 0 fully saturated rings. The zero-order valence-electron chi connectivity index (χ0n) is 13.3. The minimum atomic E-state index is -4.11. The fraction of sp³-hybridized carbons (Fsp3) is 0. The molecule has 3 rings (SSSR count). The molecule has 0 atom stereocenters. The smallest absolute Gasteiger partial charge is 0.225 e. The Bertz CT molecular complexity index is 1150. The molecule has 3 aromatic rings. The number of benzene rings is 3. The van der Waals surface area contributed by atoms with Crippen molar-refractivity contribution in [1.29, 1.82) is 5.26 Å². The summed E-state index contributed by atoms with van der Waals surface area (Å²) < 4.78 is 36.7. The lowest BCUT2D eigenvalue weighted by Gasteiger charge is -2.10. The molecule has 2 N–H and O–H groups in total. The molecular weight excluding hydrogens is 371 g/mol. The molecule has 0 saturated heterocycles. The van der Waals surface area contributed by atoms with Gasteiger partial charge in [0.15, 0.2) is 0 Å². The Morgan fingerprint density at radius 3 is 2.27 bits per heavy atom. The van der Waals surface area contributed by atoms with Crippen molar-refractivity contribution in [3.8, 4) is 28.3 Å². The average Bonchev–Trinajstić information content (AvgIpc) is 2.60. The second kappa shape index (κ2) is 6.92. The van der Waals surface area contributed by atoms with Crippen LogP contribution in [0.15, 0.2) is 70.5 Å². The number of nitrogens with two attached hydrogens (primary N) is 1. The summed E-state index contributed by atoms with van der Waals surface area (Å²) in [6.07, 6.45) is 0. The van der Waals surface area contributed by atoms with Gasteiger partial charge >= 0.3 is 0 Å². The highest BCUT2D eigenvalue weighted by atomic mass is 32.2. The van der Waals surface area contributed by atoms with Gasteiger partial charge in [-0.05, 0) is 52.6 Å². The first-order valence-electron chi connectivity index (χ1n) is 7.46. The molecule has 0 radical (unpaired) electrons. The number of rotatable bonds is 3. The van der Waals surface area contributed by atoms with Crippen LogP contribution in [0.3, 0.4) is 0 Å².